The van der Waals surface area contributed by atoms with Gasteiger partial charge in [0.25, 0.3) is 0 Å². The van der Waals surface area contributed by atoms with Gasteiger partial charge in [0.1, 0.15) is 0 Å². The summed E-state index contributed by atoms with van der Waals surface area (Å²) in [6.45, 7) is 5.94. The fourth-order valence-electron chi connectivity index (χ4n) is 1.82. The van der Waals surface area contributed by atoms with E-state index < -0.39 is 0 Å². The molecule has 0 saturated heterocycles. The number of methoxy groups -OCH3 is 1. The Morgan fingerprint density at radius 3 is 2.67 bits per heavy atom. The average molecular weight is 360 g/mol. The van der Waals surface area contributed by atoms with Crippen LogP contribution >= 0.6 is 15.9 Å². The van der Waals surface area contributed by atoms with E-state index in [1.165, 1.54) is 0 Å². The van der Waals surface area contributed by atoms with Crippen molar-refractivity contribution in [3.05, 3.63) is 22.2 Å². The predicted octanol–water partition coefficient (Wildman–Crippen LogP) is 2.90. The molecular weight excluding hydrogens is 338 g/mol. The van der Waals surface area contributed by atoms with Crippen molar-refractivity contribution in [2.45, 2.75) is 26.8 Å². The first kappa shape index (κ1) is 17.8. The maximum Gasteiger partial charge on any atom is 0.307 e. The molecule has 0 aliphatic rings. The fraction of sp³-hybridized carbons (Fsp3) is 0.533. The van der Waals surface area contributed by atoms with Crippen molar-refractivity contribution in [1.82, 2.24) is 5.32 Å². The van der Waals surface area contributed by atoms with Gasteiger partial charge >= 0.3 is 5.97 Å². The second kappa shape index (κ2) is 9.63. The van der Waals surface area contributed by atoms with Crippen LogP contribution in [-0.2, 0) is 16.1 Å². The van der Waals surface area contributed by atoms with Gasteiger partial charge in [0, 0.05) is 13.1 Å². The van der Waals surface area contributed by atoms with Crippen LogP contribution in [0.4, 0.5) is 0 Å². The minimum Gasteiger partial charge on any atom is -0.493 e. The topological polar surface area (TPSA) is 56.8 Å². The number of hydrogen-bond acceptors (Lipinski definition) is 5. The summed E-state index contributed by atoms with van der Waals surface area (Å²) < 4.78 is 16.6. The maximum absolute atomic E-state index is 11.2. The Labute approximate surface area is 134 Å². The van der Waals surface area contributed by atoms with Gasteiger partial charge in [-0.05, 0) is 47.5 Å². The first-order chi connectivity index (χ1) is 10.1. The van der Waals surface area contributed by atoms with Crippen LogP contribution in [0.3, 0.4) is 0 Å². The zero-order valence-corrected chi connectivity index (χ0v) is 14.3. The summed E-state index contributed by atoms with van der Waals surface area (Å²) in [7, 11) is 1.61. The molecule has 0 unspecified atom stereocenters. The van der Waals surface area contributed by atoms with E-state index >= 15 is 0 Å². The van der Waals surface area contributed by atoms with Crippen molar-refractivity contribution >= 4 is 21.9 Å². The number of carbonyl (C=O) groups excluding carboxylic acids is 1. The number of carbonyl (C=O) groups is 1. The molecule has 21 heavy (non-hydrogen) atoms. The molecular formula is C15H22BrNO4. The highest BCUT2D eigenvalue weighted by Gasteiger charge is 2.11. The minimum atomic E-state index is -0.185. The van der Waals surface area contributed by atoms with Gasteiger partial charge in [0.15, 0.2) is 11.5 Å². The zero-order chi connectivity index (χ0) is 15.7. The van der Waals surface area contributed by atoms with Crippen molar-refractivity contribution in [1.29, 1.82) is 0 Å². The molecule has 118 valence electrons. The van der Waals surface area contributed by atoms with E-state index in [0.29, 0.717) is 44.2 Å². The fourth-order valence-corrected chi connectivity index (χ4v) is 2.42. The summed E-state index contributed by atoms with van der Waals surface area (Å²) in [5.41, 5.74) is 1.05. The van der Waals surface area contributed by atoms with Gasteiger partial charge in [-0.3, -0.25) is 4.79 Å². The molecule has 1 N–H and O–H groups in total. The van der Waals surface area contributed by atoms with Crippen LogP contribution in [0, 0.1) is 0 Å². The van der Waals surface area contributed by atoms with E-state index in [9.17, 15) is 4.79 Å². The van der Waals surface area contributed by atoms with E-state index in [2.05, 4.69) is 21.2 Å². The Morgan fingerprint density at radius 2 is 2.05 bits per heavy atom. The Kier molecular flexibility index (Phi) is 8.15. The third-order valence-electron chi connectivity index (χ3n) is 2.72. The lowest BCUT2D eigenvalue weighted by atomic mass is 10.2. The molecule has 1 rings (SSSR count). The van der Waals surface area contributed by atoms with E-state index in [1.54, 1.807) is 14.0 Å². The summed E-state index contributed by atoms with van der Waals surface area (Å²) in [6.07, 6.45) is 0.364. The lowest BCUT2D eigenvalue weighted by Crippen LogP contribution is -2.19. The predicted molar refractivity (Wildman–Crippen MR) is 84.8 cm³/mol. The van der Waals surface area contributed by atoms with Gasteiger partial charge in [-0.25, -0.2) is 0 Å². The van der Waals surface area contributed by atoms with Gasteiger partial charge in [-0.15, -0.1) is 0 Å². The molecule has 6 heteroatoms. The number of benzene rings is 1. The van der Waals surface area contributed by atoms with Gasteiger partial charge in [0.2, 0.25) is 0 Å². The number of rotatable bonds is 9. The highest BCUT2D eigenvalue weighted by atomic mass is 79.9. The highest BCUT2D eigenvalue weighted by molar-refractivity contribution is 9.10. The molecule has 0 spiro atoms. The Morgan fingerprint density at radius 1 is 1.29 bits per heavy atom. The Bertz CT molecular complexity index is 465. The normalized spacial score (nSPS) is 10.3. The van der Waals surface area contributed by atoms with Crippen LogP contribution in [0.25, 0.3) is 0 Å². The molecule has 0 amide bonds. The molecule has 0 aromatic heterocycles. The van der Waals surface area contributed by atoms with Gasteiger partial charge in [-0.2, -0.15) is 0 Å². The molecule has 0 radical (unpaired) electrons. The number of ether oxygens (including phenoxy) is 3. The summed E-state index contributed by atoms with van der Waals surface area (Å²) in [6, 6.07) is 3.90. The zero-order valence-electron chi connectivity index (χ0n) is 12.7. The van der Waals surface area contributed by atoms with E-state index in [1.807, 2.05) is 19.1 Å². The third-order valence-corrected chi connectivity index (χ3v) is 3.31. The van der Waals surface area contributed by atoms with Crippen LogP contribution in [0.2, 0.25) is 0 Å². The number of halogens is 1. The third kappa shape index (κ3) is 5.93. The van der Waals surface area contributed by atoms with E-state index in [4.69, 9.17) is 14.2 Å². The average Bonchev–Trinajstić information content (AvgIpc) is 2.46. The summed E-state index contributed by atoms with van der Waals surface area (Å²) in [5.74, 6) is 1.21. The maximum atomic E-state index is 11.2. The Balaban J connectivity index is 2.56. The number of hydrogen-bond donors (Lipinski definition) is 1. The van der Waals surface area contributed by atoms with Crippen LogP contribution < -0.4 is 14.8 Å². The molecule has 0 fully saturated rings. The summed E-state index contributed by atoms with van der Waals surface area (Å²) in [4.78, 5) is 11.2. The van der Waals surface area contributed by atoms with Gasteiger partial charge in [-0.1, -0.05) is 0 Å². The minimum absolute atomic E-state index is 0.185. The first-order valence-corrected chi connectivity index (χ1v) is 7.77. The molecule has 0 bridgehead atoms. The van der Waals surface area contributed by atoms with Crippen molar-refractivity contribution in [2.75, 3.05) is 26.9 Å². The molecule has 0 saturated carbocycles. The molecule has 1 aromatic rings. The second-order valence-corrected chi connectivity index (χ2v) is 5.13. The lowest BCUT2D eigenvalue weighted by molar-refractivity contribution is -0.142. The second-order valence-electron chi connectivity index (χ2n) is 4.27. The smallest absolute Gasteiger partial charge is 0.307 e. The molecule has 0 atom stereocenters. The summed E-state index contributed by atoms with van der Waals surface area (Å²) >= 11 is 3.49. The van der Waals surface area contributed by atoms with Crippen LogP contribution in [-0.4, -0.2) is 32.8 Å². The van der Waals surface area contributed by atoms with Crippen molar-refractivity contribution in [3.8, 4) is 11.5 Å². The summed E-state index contributed by atoms with van der Waals surface area (Å²) in [5, 5.41) is 3.20. The van der Waals surface area contributed by atoms with E-state index in [0.717, 1.165) is 10.0 Å². The van der Waals surface area contributed by atoms with E-state index in [-0.39, 0.29) is 5.97 Å². The monoisotopic (exact) mass is 359 g/mol. The molecule has 0 aliphatic carbocycles. The first-order valence-electron chi connectivity index (χ1n) is 6.97. The quantitative estimate of drug-likeness (QED) is 0.542. The van der Waals surface area contributed by atoms with Gasteiger partial charge in [0.05, 0.1) is 31.2 Å². The molecule has 5 nitrogen and oxygen atoms in total. The molecule has 0 aliphatic heterocycles. The SMILES string of the molecule is CCOC(=O)CCNCc1cc(Br)c(OCC)c(OC)c1. The highest BCUT2D eigenvalue weighted by Crippen LogP contribution is 2.36. The van der Waals surface area contributed by atoms with Gasteiger partial charge < -0.3 is 19.5 Å². The Hall–Kier alpha value is -1.27. The van der Waals surface area contributed by atoms with Crippen LogP contribution in [0.15, 0.2) is 16.6 Å². The molecule has 1 aromatic carbocycles. The van der Waals surface area contributed by atoms with Crippen molar-refractivity contribution < 1.29 is 19.0 Å². The lowest BCUT2D eigenvalue weighted by Gasteiger charge is -2.13. The number of esters is 1. The standard InChI is InChI=1S/C15H22BrNO4/c1-4-20-14(18)6-7-17-10-11-8-12(16)15(21-5-2)13(9-11)19-3/h8-9,17H,4-7,10H2,1-3H3. The number of nitrogens with one attached hydrogen (secondary N) is 1. The van der Waals surface area contributed by atoms with Crippen LogP contribution in [0.5, 0.6) is 11.5 Å². The van der Waals surface area contributed by atoms with Crippen molar-refractivity contribution in [3.63, 3.8) is 0 Å². The molecule has 0 heterocycles. The largest absolute Gasteiger partial charge is 0.493 e. The van der Waals surface area contributed by atoms with Crippen molar-refractivity contribution in [2.24, 2.45) is 0 Å². The van der Waals surface area contributed by atoms with Crippen LogP contribution in [0.1, 0.15) is 25.8 Å².